The Kier molecular flexibility index (Phi) is 2.43. The lowest BCUT2D eigenvalue weighted by molar-refractivity contribution is 0.532. The van der Waals surface area contributed by atoms with Crippen LogP contribution in [0, 0.1) is 6.92 Å². The fourth-order valence-corrected chi connectivity index (χ4v) is 2.31. The van der Waals surface area contributed by atoms with Crippen LogP contribution < -0.4 is 5.73 Å². The molecular weight excluding hydrogens is 226 g/mol. The van der Waals surface area contributed by atoms with Crippen LogP contribution in [0.3, 0.4) is 0 Å². The van der Waals surface area contributed by atoms with Gasteiger partial charge in [-0.1, -0.05) is 0 Å². The maximum atomic E-state index is 6.23. The van der Waals surface area contributed by atoms with E-state index in [1.54, 1.807) is 0 Å². The number of imidazole rings is 1. The average Bonchev–Trinajstić information content (AvgIpc) is 2.92. The Morgan fingerprint density at radius 1 is 1.39 bits per heavy atom. The summed E-state index contributed by atoms with van der Waals surface area (Å²) in [5.74, 6) is 1.78. The van der Waals surface area contributed by atoms with Gasteiger partial charge in [-0.25, -0.2) is 4.98 Å². The monoisotopic (exact) mass is 245 g/mol. The molecule has 1 aliphatic carbocycles. The van der Waals surface area contributed by atoms with Gasteiger partial charge in [0, 0.05) is 23.8 Å². The van der Waals surface area contributed by atoms with Gasteiger partial charge in [-0.3, -0.25) is 4.68 Å². The van der Waals surface area contributed by atoms with Crippen molar-refractivity contribution < 1.29 is 0 Å². The Bertz CT molecular complexity index is 574. The van der Waals surface area contributed by atoms with E-state index < -0.39 is 0 Å². The highest BCUT2D eigenvalue weighted by Gasteiger charge is 2.29. The number of aryl methyl sites for hydroxylation is 1. The van der Waals surface area contributed by atoms with Crippen LogP contribution in [0.5, 0.6) is 0 Å². The van der Waals surface area contributed by atoms with Gasteiger partial charge in [0.05, 0.1) is 6.20 Å². The Hall–Kier alpha value is -1.78. The summed E-state index contributed by atoms with van der Waals surface area (Å²) in [6, 6.07) is 0.915. The van der Waals surface area contributed by atoms with Gasteiger partial charge in [0.15, 0.2) is 0 Å². The summed E-state index contributed by atoms with van der Waals surface area (Å²) >= 11 is 0. The number of nitrogens with two attached hydrogens (primary N) is 1. The second kappa shape index (κ2) is 3.86. The lowest BCUT2D eigenvalue weighted by Gasteiger charge is -2.04. The zero-order chi connectivity index (χ0) is 12.9. The predicted octanol–water partition coefficient (Wildman–Crippen LogP) is 2.55. The molecule has 3 rings (SSSR count). The number of rotatable bonds is 3. The van der Waals surface area contributed by atoms with E-state index in [2.05, 4.69) is 28.5 Å². The van der Waals surface area contributed by atoms with E-state index in [4.69, 9.17) is 5.73 Å². The molecule has 0 bridgehead atoms. The minimum atomic E-state index is 0.353. The molecule has 0 spiro atoms. The number of nitrogens with zero attached hydrogens (tertiary/aromatic N) is 4. The highest BCUT2D eigenvalue weighted by Crippen LogP contribution is 2.40. The van der Waals surface area contributed by atoms with Crippen LogP contribution in [0.1, 0.15) is 44.6 Å². The van der Waals surface area contributed by atoms with Crippen molar-refractivity contribution in [1.82, 2.24) is 19.3 Å². The van der Waals surface area contributed by atoms with Crippen molar-refractivity contribution in [3.8, 4) is 11.3 Å². The van der Waals surface area contributed by atoms with Crippen LogP contribution in [0.4, 0.5) is 5.82 Å². The third kappa shape index (κ3) is 1.70. The summed E-state index contributed by atoms with van der Waals surface area (Å²) in [5, 5.41) is 4.34. The van der Waals surface area contributed by atoms with Gasteiger partial charge in [0.25, 0.3) is 0 Å². The standard InChI is InChI=1S/C13H19N5/c1-8(2)17-7-10(6-15-17)12-13(14)18(9(3)16-12)11-4-5-11/h6-8,11H,4-5,14H2,1-3H3. The van der Waals surface area contributed by atoms with Crippen molar-refractivity contribution in [2.75, 3.05) is 5.73 Å². The fraction of sp³-hybridized carbons (Fsp3) is 0.538. The summed E-state index contributed by atoms with van der Waals surface area (Å²) in [6.07, 6.45) is 6.29. The minimum absolute atomic E-state index is 0.353. The van der Waals surface area contributed by atoms with E-state index >= 15 is 0 Å². The molecule has 0 radical (unpaired) electrons. The Morgan fingerprint density at radius 3 is 2.67 bits per heavy atom. The molecule has 2 heterocycles. The van der Waals surface area contributed by atoms with Crippen molar-refractivity contribution in [1.29, 1.82) is 0 Å². The van der Waals surface area contributed by atoms with E-state index in [0.717, 1.165) is 22.9 Å². The van der Waals surface area contributed by atoms with Crippen molar-refractivity contribution in [3.05, 3.63) is 18.2 Å². The normalized spacial score (nSPS) is 15.6. The molecule has 2 aromatic heterocycles. The number of aromatic nitrogens is 4. The molecule has 0 unspecified atom stereocenters. The van der Waals surface area contributed by atoms with Gasteiger partial charge < -0.3 is 10.3 Å². The second-order valence-electron chi connectivity index (χ2n) is 5.30. The van der Waals surface area contributed by atoms with Crippen LogP contribution in [0.2, 0.25) is 0 Å². The zero-order valence-electron chi connectivity index (χ0n) is 11.1. The molecular formula is C13H19N5. The van der Waals surface area contributed by atoms with Crippen LogP contribution >= 0.6 is 0 Å². The summed E-state index contributed by atoms with van der Waals surface area (Å²) in [5.41, 5.74) is 8.10. The molecule has 0 aromatic carbocycles. The molecule has 1 saturated carbocycles. The summed E-state index contributed by atoms with van der Waals surface area (Å²) in [6.45, 7) is 6.23. The highest BCUT2D eigenvalue weighted by atomic mass is 15.3. The Labute approximate surface area is 107 Å². The Morgan fingerprint density at radius 2 is 2.11 bits per heavy atom. The molecule has 0 saturated heterocycles. The molecule has 18 heavy (non-hydrogen) atoms. The molecule has 1 fully saturated rings. The number of nitrogen functional groups attached to an aromatic ring is 1. The summed E-state index contributed by atoms with van der Waals surface area (Å²) < 4.78 is 4.09. The zero-order valence-corrected chi connectivity index (χ0v) is 11.1. The van der Waals surface area contributed by atoms with Gasteiger partial charge in [-0.05, 0) is 33.6 Å². The maximum Gasteiger partial charge on any atom is 0.132 e. The van der Waals surface area contributed by atoms with Gasteiger partial charge in [-0.2, -0.15) is 5.10 Å². The van der Waals surface area contributed by atoms with Crippen molar-refractivity contribution in [2.24, 2.45) is 0 Å². The maximum absolute atomic E-state index is 6.23. The third-order valence-electron chi connectivity index (χ3n) is 3.44. The van der Waals surface area contributed by atoms with E-state index in [9.17, 15) is 0 Å². The third-order valence-corrected chi connectivity index (χ3v) is 3.44. The molecule has 5 nitrogen and oxygen atoms in total. The van der Waals surface area contributed by atoms with Crippen molar-refractivity contribution in [2.45, 2.75) is 45.7 Å². The number of hydrogen-bond donors (Lipinski definition) is 1. The number of anilines is 1. The van der Waals surface area contributed by atoms with E-state index in [1.807, 2.05) is 24.0 Å². The largest absolute Gasteiger partial charge is 0.383 e. The molecule has 0 amide bonds. The average molecular weight is 245 g/mol. The van der Waals surface area contributed by atoms with Gasteiger partial charge in [0.2, 0.25) is 0 Å². The second-order valence-corrected chi connectivity index (χ2v) is 5.30. The topological polar surface area (TPSA) is 61.7 Å². The lowest BCUT2D eigenvalue weighted by Crippen LogP contribution is -2.02. The van der Waals surface area contributed by atoms with Gasteiger partial charge >= 0.3 is 0 Å². The Balaban J connectivity index is 2.03. The summed E-state index contributed by atoms with van der Waals surface area (Å²) in [4.78, 5) is 4.60. The smallest absolute Gasteiger partial charge is 0.132 e. The predicted molar refractivity (Wildman–Crippen MR) is 71.3 cm³/mol. The van der Waals surface area contributed by atoms with E-state index in [0.29, 0.717) is 12.1 Å². The SMILES string of the molecule is Cc1nc(-c2cnn(C(C)C)c2)c(N)n1C1CC1. The minimum Gasteiger partial charge on any atom is -0.383 e. The molecule has 2 N–H and O–H groups in total. The van der Waals surface area contributed by atoms with Crippen molar-refractivity contribution >= 4 is 5.82 Å². The van der Waals surface area contributed by atoms with Gasteiger partial charge in [0.1, 0.15) is 17.3 Å². The summed E-state index contributed by atoms with van der Waals surface area (Å²) in [7, 11) is 0. The van der Waals surface area contributed by atoms with E-state index in [1.165, 1.54) is 12.8 Å². The molecule has 0 aliphatic heterocycles. The van der Waals surface area contributed by atoms with Crippen LogP contribution in [-0.2, 0) is 0 Å². The quantitative estimate of drug-likeness (QED) is 0.904. The first kappa shape index (κ1) is 11.3. The van der Waals surface area contributed by atoms with Crippen LogP contribution in [0.15, 0.2) is 12.4 Å². The van der Waals surface area contributed by atoms with Crippen molar-refractivity contribution in [3.63, 3.8) is 0 Å². The molecule has 96 valence electrons. The van der Waals surface area contributed by atoms with Crippen LogP contribution in [-0.4, -0.2) is 19.3 Å². The van der Waals surface area contributed by atoms with E-state index in [-0.39, 0.29) is 0 Å². The molecule has 1 aliphatic rings. The first-order valence-electron chi connectivity index (χ1n) is 6.46. The first-order valence-corrected chi connectivity index (χ1v) is 6.46. The molecule has 5 heteroatoms. The fourth-order valence-electron chi connectivity index (χ4n) is 2.31. The number of hydrogen-bond acceptors (Lipinski definition) is 3. The first-order chi connectivity index (χ1) is 8.58. The molecule has 2 aromatic rings. The lowest BCUT2D eigenvalue weighted by atomic mass is 10.2. The highest BCUT2D eigenvalue weighted by molar-refractivity contribution is 5.70. The van der Waals surface area contributed by atoms with Gasteiger partial charge in [-0.15, -0.1) is 0 Å². The van der Waals surface area contributed by atoms with Crippen LogP contribution in [0.25, 0.3) is 11.3 Å². The molecule has 0 atom stereocenters.